The fraction of sp³-hybridized carbons (Fsp3) is 0.538. The molecule has 0 aliphatic carbocycles. The summed E-state index contributed by atoms with van der Waals surface area (Å²) in [4.78, 5) is 0. The number of benzene rings is 2. The van der Waals surface area contributed by atoms with Gasteiger partial charge in [0.05, 0.1) is 6.10 Å². The van der Waals surface area contributed by atoms with Gasteiger partial charge in [-0.1, -0.05) is 120 Å². The molecule has 1 nitrogen and oxygen atoms in total. The topological polar surface area (TPSA) is 9.23 Å². The van der Waals surface area contributed by atoms with E-state index < -0.39 is 8.32 Å². The summed E-state index contributed by atoms with van der Waals surface area (Å²) < 4.78 is 7.27. The normalized spacial score (nSPS) is 12.8. The van der Waals surface area contributed by atoms with Gasteiger partial charge in [-0.05, 0) is 29.3 Å². The van der Waals surface area contributed by atoms with Crippen LogP contribution in [0.15, 0.2) is 60.7 Å². The van der Waals surface area contributed by atoms with Crippen LogP contribution in [0.25, 0.3) is 0 Å². The molecule has 0 radical (unpaired) electrons. The van der Waals surface area contributed by atoms with Crippen molar-refractivity contribution in [3.05, 3.63) is 71.8 Å². The summed E-state index contributed by atoms with van der Waals surface area (Å²) in [6, 6.07) is 25.8. The molecule has 0 saturated heterocycles. The molecule has 0 heterocycles. The molecule has 0 aromatic heterocycles. The van der Waals surface area contributed by atoms with Crippen molar-refractivity contribution in [3.63, 3.8) is 0 Å². The lowest BCUT2D eigenvalue weighted by molar-refractivity contribution is 0.187. The molecule has 2 aromatic rings. The maximum Gasteiger partial charge on any atom is 0.193 e. The van der Waals surface area contributed by atoms with Crippen LogP contribution in [-0.4, -0.2) is 8.32 Å². The zero-order valence-corrected chi connectivity index (χ0v) is 19.3. The Kier molecular flexibility index (Phi) is 10.6. The van der Waals surface area contributed by atoms with Crippen molar-refractivity contribution in [2.75, 3.05) is 0 Å². The average Bonchev–Trinajstić information content (AvgIpc) is 2.75. The van der Waals surface area contributed by atoms with Gasteiger partial charge in [0.2, 0.25) is 0 Å². The number of hydrogen-bond acceptors (Lipinski definition) is 1. The Morgan fingerprint density at radius 2 is 1.14 bits per heavy atom. The van der Waals surface area contributed by atoms with Gasteiger partial charge in [-0.3, -0.25) is 0 Å². The molecule has 0 bridgehead atoms. The molecule has 0 aliphatic heterocycles. The highest BCUT2D eigenvalue weighted by molar-refractivity contribution is 6.73. The summed E-state index contributed by atoms with van der Waals surface area (Å²) in [5, 5.41) is 0. The molecule has 2 rings (SSSR count). The molecule has 154 valence electrons. The Hall–Kier alpha value is -1.38. The van der Waals surface area contributed by atoms with Crippen molar-refractivity contribution in [3.8, 4) is 0 Å². The van der Waals surface area contributed by atoms with Crippen LogP contribution >= 0.6 is 0 Å². The van der Waals surface area contributed by atoms with Gasteiger partial charge in [0.15, 0.2) is 8.32 Å². The van der Waals surface area contributed by atoms with Crippen LogP contribution in [0.3, 0.4) is 0 Å². The molecule has 0 aliphatic rings. The summed E-state index contributed by atoms with van der Waals surface area (Å²) in [6.45, 7) is 6.95. The van der Waals surface area contributed by atoms with Gasteiger partial charge in [-0.25, -0.2) is 0 Å². The van der Waals surface area contributed by atoms with Gasteiger partial charge in [0.25, 0.3) is 0 Å². The molecule has 28 heavy (non-hydrogen) atoms. The highest BCUT2D eigenvalue weighted by Crippen LogP contribution is 2.36. The van der Waals surface area contributed by atoms with Crippen LogP contribution < -0.4 is 0 Å². The second kappa shape index (κ2) is 13.0. The molecule has 0 spiro atoms. The second-order valence-electron chi connectivity index (χ2n) is 8.20. The van der Waals surface area contributed by atoms with E-state index in [1.165, 1.54) is 67.8 Å². The molecule has 2 aromatic carbocycles. The van der Waals surface area contributed by atoms with E-state index in [4.69, 9.17) is 4.43 Å². The van der Waals surface area contributed by atoms with Gasteiger partial charge in [0.1, 0.15) is 0 Å². The summed E-state index contributed by atoms with van der Waals surface area (Å²) in [6.07, 6.45) is 8.90. The highest BCUT2D eigenvalue weighted by Gasteiger charge is 2.36. The fourth-order valence-electron chi connectivity index (χ4n) is 4.07. The van der Waals surface area contributed by atoms with E-state index in [1.807, 2.05) is 0 Å². The first kappa shape index (κ1) is 22.9. The summed E-state index contributed by atoms with van der Waals surface area (Å²) in [5.74, 6) is 0. The van der Waals surface area contributed by atoms with Crippen LogP contribution in [-0.2, 0) is 10.8 Å². The maximum atomic E-state index is 7.27. The second-order valence-corrected chi connectivity index (χ2v) is 12.3. The smallest absolute Gasteiger partial charge is 0.193 e. The van der Waals surface area contributed by atoms with Gasteiger partial charge in [-0.15, -0.1) is 0 Å². The fourth-order valence-corrected chi connectivity index (χ4v) is 8.99. The molecule has 0 unspecified atom stereocenters. The summed E-state index contributed by atoms with van der Waals surface area (Å²) in [5.41, 5.74) is 2.72. The molecule has 1 atom stereocenters. The Morgan fingerprint density at radius 1 is 0.679 bits per heavy atom. The maximum absolute atomic E-state index is 7.27. The third-order valence-electron chi connectivity index (χ3n) is 5.79. The van der Waals surface area contributed by atoms with Crippen molar-refractivity contribution in [2.45, 2.75) is 90.0 Å². The van der Waals surface area contributed by atoms with Crippen LogP contribution in [0.1, 0.15) is 76.5 Å². The zero-order chi connectivity index (χ0) is 20.1. The molecule has 0 saturated carbocycles. The van der Waals surface area contributed by atoms with Gasteiger partial charge >= 0.3 is 0 Å². The van der Waals surface area contributed by atoms with E-state index in [0.717, 1.165) is 6.42 Å². The zero-order valence-electron chi connectivity index (χ0n) is 18.3. The van der Waals surface area contributed by atoms with Crippen LogP contribution in [0, 0.1) is 0 Å². The molecular formula is C26H40OSi. The molecule has 0 amide bonds. The Bertz CT molecular complexity index is 604. The van der Waals surface area contributed by atoms with Crippen molar-refractivity contribution in [2.24, 2.45) is 0 Å². The SMILES string of the molecule is CCCC[Si](CCCC)(CCCC)O[C@@H](Cc1ccccc1)c1ccccc1. The molecule has 0 N–H and O–H groups in total. The largest absolute Gasteiger partial charge is 0.410 e. The standard InChI is InChI=1S/C26H40OSi/c1-4-7-20-28(21-8-5-2,22-9-6-3)27-26(25-18-14-11-15-19-25)23-24-16-12-10-13-17-24/h10-19,26H,4-9,20-23H2,1-3H3/t26-/m0/s1. The van der Waals surface area contributed by atoms with E-state index in [9.17, 15) is 0 Å². The van der Waals surface area contributed by atoms with Crippen molar-refractivity contribution in [1.82, 2.24) is 0 Å². The van der Waals surface area contributed by atoms with Crippen LogP contribution in [0.5, 0.6) is 0 Å². The summed E-state index contributed by atoms with van der Waals surface area (Å²) in [7, 11) is -1.76. The number of rotatable bonds is 14. The lowest BCUT2D eigenvalue weighted by Gasteiger charge is -2.36. The first-order chi connectivity index (χ1) is 13.7. The van der Waals surface area contributed by atoms with E-state index in [-0.39, 0.29) is 6.10 Å². The Morgan fingerprint density at radius 3 is 1.61 bits per heavy atom. The monoisotopic (exact) mass is 396 g/mol. The molecule has 0 fully saturated rings. The summed E-state index contributed by atoms with van der Waals surface area (Å²) >= 11 is 0. The van der Waals surface area contributed by atoms with Gasteiger partial charge in [0, 0.05) is 6.42 Å². The minimum atomic E-state index is -1.76. The number of unbranched alkanes of at least 4 members (excludes halogenated alkanes) is 3. The van der Waals surface area contributed by atoms with E-state index in [0.29, 0.717) is 0 Å². The minimum Gasteiger partial charge on any atom is -0.410 e. The van der Waals surface area contributed by atoms with Crippen molar-refractivity contribution in [1.29, 1.82) is 0 Å². The lowest BCUT2D eigenvalue weighted by atomic mass is 10.0. The first-order valence-corrected chi connectivity index (χ1v) is 14.0. The van der Waals surface area contributed by atoms with E-state index in [2.05, 4.69) is 81.4 Å². The van der Waals surface area contributed by atoms with E-state index >= 15 is 0 Å². The Labute approximate surface area is 174 Å². The first-order valence-electron chi connectivity index (χ1n) is 11.5. The number of hydrogen-bond donors (Lipinski definition) is 0. The highest BCUT2D eigenvalue weighted by atomic mass is 28.4. The predicted molar refractivity (Wildman–Crippen MR) is 125 cm³/mol. The third-order valence-corrected chi connectivity index (χ3v) is 10.4. The minimum absolute atomic E-state index is 0.181. The molecule has 2 heteroatoms. The Balaban J connectivity index is 2.30. The quantitative estimate of drug-likeness (QED) is 0.292. The van der Waals surface area contributed by atoms with Crippen LogP contribution in [0.2, 0.25) is 18.1 Å². The van der Waals surface area contributed by atoms with Gasteiger partial charge < -0.3 is 4.43 Å². The van der Waals surface area contributed by atoms with Crippen molar-refractivity contribution < 1.29 is 4.43 Å². The predicted octanol–water partition coefficient (Wildman–Crippen LogP) is 8.33. The van der Waals surface area contributed by atoms with Gasteiger partial charge in [-0.2, -0.15) is 0 Å². The average molecular weight is 397 g/mol. The van der Waals surface area contributed by atoms with Crippen molar-refractivity contribution >= 4 is 8.32 Å². The third kappa shape index (κ3) is 7.56. The van der Waals surface area contributed by atoms with E-state index in [1.54, 1.807) is 0 Å². The molecular weight excluding hydrogens is 356 g/mol. The lowest BCUT2D eigenvalue weighted by Crippen LogP contribution is -2.40. The van der Waals surface area contributed by atoms with Crippen LogP contribution in [0.4, 0.5) is 0 Å².